The monoisotopic (exact) mass is 422 g/mol. The molecular weight excluding hydrogens is 396 g/mol. The zero-order valence-electron chi connectivity index (χ0n) is 17.7. The van der Waals surface area contributed by atoms with Crippen molar-refractivity contribution in [2.75, 3.05) is 19.7 Å². The molecule has 0 aromatic carbocycles. The molecule has 31 heavy (non-hydrogen) atoms. The first-order valence-electron chi connectivity index (χ1n) is 10.4. The minimum absolute atomic E-state index is 0.137. The first-order valence-corrected chi connectivity index (χ1v) is 10.4. The lowest BCUT2D eigenvalue weighted by molar-refractivity contribution is -0.118. The maximum atomic E-state index is 12.5. The standard InChI is InChI=1S/C22H26N6O3/c1-14-9-17(26-10-20(14)31-13-16-3-4-16)11-28-12-18-19(27-28)5-6-24-21(18)22(30)25-8-7-23-15(2)29/h5-6,9-10,12,16H,3-4,7-8,11,13H2,1-2H3,(H,23,29)(H,25,30). The van der Waals surface area contributed by atoms with Gasteiger partial charge in [0.05, 0.1) is 35.9 Å². The third-order valence-corrected chi connectivity index (χ3v) is 5.10. The van der Waals surface area contributed by atoms with Gasteiger partial charge in [0.25, 0.3) is 5.91 Å². The van der Waals surface area contributed by atoms with Gasteiger partial charge in [-0.3, -0.25) is 24.2 Å². The number of aromatic nitrogens is 4. The first kappa shape index (κ1) is 20.8. The molecule has 1 aliphatic rings. The lowest BCUT2D eigenvalue weighted by Crippen LogP contribution is -2.34. The maximum Gasteiger partial charge on any atom is 0.270 e. The third kappa shape index (κ3) is 5.36. The molecular formula is C22H26N6O3. The molecule has 0 radical (unpaired) electrons. The molecule has 0 bridgehead atoms. The molecule has 0 unspecified atom stereocenters. The van der Waals surface area contributed by atoms with E-state index in [1.807, 2.05) is 13.0 Å². The molecule has 4 rings (SSSR count). The van der Waals surface area contributed by atoms with E-state index in [0.29, 0.717) is 42.1 Å². The van der Waals surface area contributed by atoms with E-state index in [4.69, 9.17) is 4.74 Å². The summed E-state index contributed by atoms with van der Waals surface area (Å²) in [6.45, 7) is 5.37. The van der Waals surface area contributed by atoms with Crippen LogP contribution < -0.4 is 15.4 Å². The van der Waals surface area contributed by atoms with Crippen molar-refractivity contribution in [1.29, 1.82) is 0 Å². The van der Waals surface area contributed by atoms with Gasteiger partial charge in [0.1, 0.15) is 11.4 Å². The number of fused-ring (bicyclic) bond motifs is 1. The fraction of sp³-hybridized carbons (Fsp3) is 0.409. The molecule has 1 fully saturated rings. The van der Waals surface area contributed by atoms with Gasteiger partial charge in [0.15, 0.2) is 0 Å². The minimum atomic E-state index is -0.304. The van der Waals surface area contributed by atoms with Crippen molar-refractivity contribution in [3.63, 3.8) is 0 Å². The summed E-state index contributed by atoms with van der Waals surface area (Å²) in [5.74, 6) is 1.08. The van der Waals surface area contributed by atoms with Crippen LogP contribution in [0, 0.1) is 12.8 Å². The van der Waals surface area contributed by atoms with Crippen molar-refractivity contribution in [3.8, 4) is 5.75 Å². The molecule has 3 aromatic heterocycles. The van der Waals surface area contributed by atoms with Gasteiger partial charge in [-0.2, -0.15) is 5.10 Å². The number of hydrogen-bond donors (Lipinski definition) is 2. The molecule has 3 aromatic rings. The van der Waals surface area contributed by atoms with Crippen LogP contribution in [-0.4, -0.2) is 51.3 Å². The van der Waals surface area contributed by atoms with Crippen molar-refractivity contribution in [2.45, 2.75) is 33.2 Å². The molecule has 162 valence electrons. The molecule has 3 heterocycles. The van der Waals surface area contributed by atoms with Crippen LogP contribution in [0.5, 0.6) is 5.75 Å². The van der Waals surface area contributed by atoms with E-state index in [1.54, 1.807) is 29.3 Å². The number of carbonyl (C=O) groups is 2. The quantitative estimate of drug-likeness (QED) is 0.509. The van der Waals surface area contributed by atoms with Gasteiger partial charge in [0.2, 0.25) is 5.91 Å². The fourth-order valence-corrected chi connectivity index (χ4v) is 3.25. The highest BCUT2D eigenvalue weighted by molar-refractivity contribution is 6.04. The second kappa shape index (κ2) is 9.11. The van der Waals surface area contributed by atoms with E-state index >= 15 is 0 Å². The fourth-order valence-electron chi connectivity index (χ4n) is 3.25. The smallest absolute Gasteiger partial charge is 0.270 e. The summed E-state index contributed by atoms with van der Waals surface area (Å²) in [5, 5.41) is 10.6. The summed E-state index contributed by atoms with van der Waals surface area (Å²) < 4.78 is 7.61. The molecule has 0 spiro atoms. The van der Waals surface area contributed by atoms with Gasteiger partial charge in [0, 0.05) is 32.4 Å². The van der Waals surface area contributed by atoms with Gasteiger partial charge < -0.3 is 15.4 Å². The minimum Gasteiger partial charge on any atom is -0.491 e. The van der Waals surface area contributed by atoms with Crippen LogP contribution in [0.25, 0.3) is 10.9 Å². The zero-order chi connectivity index (χ0) is 21.8. The SMILES string of the molecule is CC(=O)NCCNC(=O)c1nccc2nn(Cc3cc(C)c(OCC4CC4)cn3)cc12. The molecule has 2 amide bonds. The highest BCUT2D eigenvalue weighted by atomic mass is 16.5. The molecule has 0 aliphatic heterocycles. The van der Waals surface area contributed by atoms with Gasteiger partial charge >= 0.3 is 0 Å². The predicted molar refractivity (Wildman–Crippen MR) is 115 cm³/mol. The lowest BCUT2D eigenvalue weighted by atomic mass is 10.2. The molecule has 1 saturated carbocycles. The Morgan fingerprint density at radius 3 is 2.77 bits per heavy atom. The van der Waals surface area contributed by atoms with Crippen LogP contribution in [-0.2, 0) is 11.3 Å². The summed E-state index contributed by atoms with van der Waals surface area (Å²) in [5.41, 5.74) is 2.89. The number of nitrogens with zero attached hydrogens (tertiary/aromatic N) is 4. The Bertz CT molecular complexity index is 1110. The number of hydrogen-bond acceptors (Lipinski definition) is 6. The largest absolute Gasteiger partial charge is 0.491 e. The van der Waals surface area contributed by atoms with E-state index in [9.17, 15) is 9.59 Å². The van der Waals surface area contributed by atoms with E-state index in [1.165, 1.54) is 19.8 Å². The van der Waals surface area contributed by atoms with Crippen LogP contribution in [0.2, 0.25) is 0 Å². The third-order valence-electron chi connectivity index (χ3n) is 5.10. The molecule has 0 saturated heterocycles. The second-order valence-corrected chi connectivity index (χ2v) is 7.85. The molecule has 2 N–H and O–H groups in total. The Kier molecular flexibility index (Phi) is 6.11. The van der Waals surface area contributed by atoms with Crippen molar-refractivity contribution >= 4 is 22.7 Å². The van der Waals surface area contributed by atoms with Crippen LogP contribution in [0.1, 0.15) is 41.5 Å². The van der Waals surface area contributed by atoms with Gasteiger partial charge in [-0.1, -0.05) is 0 Å². The summed E-state index contributed by atoms with van der Waals surface area (Å²) >= 11 is 0. The topological polar surface area (TPSA) is 111 Å². The number of aryl methyl sites for hydroxylation is 1. The molecule has 9 heteroatoms. The molecule has 9 nitrogen and oxygen atoms in total. The summed E-state index contributed by atoms with van der Waals surface area (Å²) in [6, 6.07) is 3.77. The Hall–Kier alpha value is -3.49. The number of ether oxygens (including phenoxy) is 1. The van der Waals surface area contributed by atoms with Gasteiger partial charge in [-0.15, -0.1) is 0 Å². The summed E-state index contributed by atoms with van der Waals surface area (Å²) in [4.78, 5) is 32.2. The molecule has 1 aliphatic carbocycles. The highest BCUT2D eigenvalue weighted by Crippen LogP contribution is 2.30. The Labute approximate surface area is 180 Å². The predicted octanol–water partition coefficient (Wildman–Crippen LogP) is 1.84. The van der Waals surface area contributed by atoms with E-state index in [0.717, 1.165) is 23.6 Å². The van der Waals surface area contributed by atoms with Crippen molar-refractivity contribution < 1.29 is 14.3 Å². The van der Waals surface area contributed by atoms with Crippen LogP contribution >= 0.6 is 0 Å². The van der Waals surface area contributed by atoms with Crippen LogP contribution in [0.15, 0.2) is 30.7 Å². The van der Waals surface area contributed by atoms with E-state index in [2.05, 4.69) is 25.7 Å². The van der Waals surface area contributed by atoms with Gasteiger partial charge in [-0.25, -0.2) is 0 Å². The van der Waals surface area contributed by atoms with E-state index in [-0.39, 0.29) is 11.8 Å². The van der Waals surface area contributed by atoms with Crippen LogP contribution in [0.4, 0.5) is 0 Å². The number of nitrogens with one attached hydrogen (secondary N) is 2. The Morgan fingerprint density at radius 2 is 2.03 bits per heavy atom. The van der Waals surface area contributed by atoms with Gasteiger partial charge in [-0.05, 0) is 43.4 Å². The van der Waals surface area contributed by atoms with Crippen molar-refractivity contribution in [2.24, 2.45) is 5.92 Å². The Morgan fingerprint density at radius 1 is 1.23 bits per heavy atom. The van der Waals surface area contributed by atoms with Crippen LogP contribution in [0.3, 0.4) is 0 Å². The second-order valence-electron chi connectivity index (χ2n) is 7.85. The number of rotatable bonds is 9. The molecule has 0 atom stereocenters. The average molecular weight is 422 g/mol. The summed E-state index contributed by atoms with van der Waals surface area (Å²) in [6.07, 6.45) is 7.64. The first-order chi connectivity index (χ1) is 15.0. The normalized spacial score (nSPS) is 13.2. The Balaban J connectivity index is 1.44. The van der Waals surface area contributed by atoms with Crippen molar-refractivity contribution in [3.05, 3.63) is 47.7 Å². The van der Waals surface area contributed by atoms with Crippen molar-refractivity contribution in [1.82, 2.24) is 30.4 Å². The number of amides is 2. The summed E-state index contributed by atoms with van der Waals surface area (Å²) in [7, 11) is 0. The van der Waals surface area contributed by atoms with E-state index < -0.39 is 0 Å². The highest BCUT2D eigenvalue weighted by Gasteiger charge is 2.22. The number of carbonyl (C=O) groups excluding carboxylic acids is 2. The zero-order valence-corrected chi connectivity index (χ0v) is 17.7. The number of pyridine rings is 2. The maximum absolute atomic E-state index is 12.5. The average Bonchev–Trinajstić information content (AvgIpc) is 3.47. The lowest BCUT2D eigenvalue weighted by Gasteiger charge is -2.09.